The third kappa shape index (κ3) is 6.70. The van der Waals surface area contributed by atoms with Gasteiger partial charge in [-0.3, -0.25) is 9.59 Å². The zero-order valence-electron chi connectivity index (χ0n) is 15.9. The quantitative estimate of drug-likeness (QED) is 0.734. The van der Waals surface area contributed by atoms with E-state index in [9.17, 15) is 18.8 Å². The molecule has 0 aliphatic carbocycles. The number of hydrogen-bond donors (Lipinski definition) is 1. The van der Waals surface area contributed by atoms with Crippen LogP contribution in [0, 0.1) is 22.6 Å². The second kappa shape index (κ2) is 9.67. The molecular weight excluding hydrogens is 353 g/mol. The van der Waals surface area contributed by atoms with Crippen LogP contribution in [-0.2, 0) is 19.1 Å². The molecule has 1 aromatic carbocycles. The zero-order chi connectivity index (χ0) is 20.6. The minimum atomic E-state index is -0.939. The molecule has 0 heterocycles. The summed E-state index contributed by atoms with van der Waals surface area (Å²) in [7, 11) is 0. The molecule has 8 heteroatoms. The van der Waals surface area contributed by atoms with E-state index in [0.717, 1.165) is 4.90 Å². The first-order valence-electron chi connectivity index (χ1n) is 8.47. The molecule has 0 aromatic heterocycles. The van der Waals surface area contributed by atoms with Crippen molar-refractivity contribution >= 4 is 23.5 Å². The van der Waals surface area contributed by atoms with Gasteiger partial charge >= 0.3 is 5.97 Å². The van der Waals surface area contributed by atoms with Gasteiger partial charge in [0.25, 0.3) is 5.91 Å². The smallest absolute Gasteiger partial charge is 0.328 e. The van der Waals surface area contributed by atoms with Crippen LogP contribution in [0.25, 0.3) is 0 Å². The van der Waals surface area contributed by atoms with Crippen LogP contribution in [0.1, 0.15) is 34.1 Å². The van der Waals surface area contributed by atoms with Crippen LogP contribution in [0.2, 0.25) is 0 Å². The number of hydrogen-bond acceptors (Lipinski definition) is 5. The van der Waals surface area contributed by atoms with Crippen LogP contribution in [0.3, 0.4) is 0 Å². The normalized spacial score (nSPS) is 11.9. The van der Waals surface area contributed by atoms with Gasteiger partial charge < -0.3 is 15.0 Å². The number of ether oxygens (including phenoxy) is 1. The number of amides is 2. The van der Waals surface area contributed by atoms with E-state index < -0.39 is 35.8 Å². The average molecular weight is 377 g/mol. The molecule has 7 nitrogen and oxygen atoms in total. The molecule has 0 unspecified atom stereocenters. The maximum absolute atomic E-state index is 14.0. The summed E-state index contributed by atoms with van der Waals surface area (Å²) in [6, 6.07) is 6.58. The van der Waals surface area contributed by atoms with E-state index in [0.29, 0.717) is 0 Å². The lowest BCUT2D eigenvalue weighted by molar-refractivity contribution is -0.151. The fourth-order valence-corrected chi connectivity index (χ4v) is 2.02. The molecule has 27 heavy (non-hydrogen) atoms. The molecule has 1 rings (SSSR count). The monoisotopic (exact) mass is 377 g/mol. The van der Waals surface area contributed by atoms with Crippen LogP contribution in [0.5, 0.6) is 0 Å². The fraction of sp³-hybridized carbons (Fsp3) is 0.474. The van der Waals surface area contributed by atoms with Gasteiger partial charge in [0.2, 0.25) is 5.91 Å². The molecule has 0 aliphatic rings. The first-order chi connectivity index (χ1) is 12.6. The van der Waals surface area contributed by atoms with Gasteiger partial charge in [-0.05, 0) is 19.1 Å². The second-order valence-corrected chi connectivity index (χ2v) is 6.96. The van der Waals surface area contributed by atoms with Gasteiger partial charge in [0, 0.05) is 12.0 Å². The topological polar surface area (TPSA) is 99.5 Å². The molecule has 0 radical (unpaired) electrons. The second-order valence-electron chi connectivity index (χ2n) is 6.96. The lowest BCUT2D eigenvalue weighted by Gasteiger charge is -2.23. The van der Waals surface area contributed by atoms with Gasteiger partial charge in [0.1, 0.15) is 11.9 Å². The van der Waals surface area contributed by atoms with Gasteiger partial charge in [-0.2, -0.15) is 5.26 Å². The molecule has 0 spiro atoms. The first-order valence-corrected chi connectivity index (χ1v) is 8.47. The molecule has 0 bridgehead atoms. The summed E-state index contributed by atoms with van der Waals surface area (Å²) in [6.07, 6.45) is -0.00787. The highest BCUT2D eigenvalue weighted by Crippen LogP contribution is 2.19. The highest BCUT2D eigenvalue weighted by Gasteiger charge is 2.27. The van der Waals surface area contributed by atoms with Crippen molar-refractivity contribution < 1.29 is 23.5 Å². The number of halogens is 1. The molecule has 1 atom stereocenters. The van der Waals surface area contributed by atoms with Crippen molar-refractivity contribution in [2.45, 2.75) is 40.2 Å². The highest BCUT2D eigenvalue weighted by atomic mass is 19.1. The number of carbonyl (C=O) groups is 3. The SMILES string of the molecule is C[C@H](NC(=O)C(C)(C)C)C(=O)OCC(=O)N(CCC#N)c1ccccc1F. The number of rotatable bonds is 7. The Balaban J connectivity index is 2.74. The highest BCUT2D eigenvalue weighted by molar-refractivity contribution is 5.96. The van der Waals surface area contributed by atoms with E-state index in [1.54, 1.807) is 26.8 Å². The molecular formula is C19H24FN3O4. The van der Waals surface area contributed by atoms with Crippen molar-refractivity contribution in [3.63, 3.8) is 0 Å². The van der Waals surface area contributed by atoms with E-state index in [1.807, 2.05) is 6.07 Å². The number of nitrogens with zero attached hydrogens (tertiary/aromatic N) is 2. The third-order valence-electron chi connectivity index (χ3n) is 3.61. The van der Waals surface area contributed by atoms with Crippen LogP contribution < -0.4 is 10.2 Å². The van der Waals surface area contributed by atoms with Crippen molar-refractivity contribution in [1.82, 2.24) is 5.32 Å². The van der Waals surface area contributed by atoms with E-state index >= 15 is 0 Å². The predicted molar refractivity (Wildman–Crippen MR) is 97.0 cm³/mol. The summed E-state index contributed by atoms with van der Waals surface area (Å²) in [4.78, 5) is 37.4. The van der Waals surface area contributed by atoms with Gasteiger partial charge in [-0.1, -0.05) is 32.9 Å². The van der Waals surface area contributed by atoms with Gasteiger partial charge in [-0.25, -0.2) is 9.18 Å². The Morgan fingerprint density at radius 1 is 1.30 bits per heavy atom. The first kappa shape index (κ1) is 22.1. The van der Waals surface area contributed by atoms with Crippen LogP contribution in [-0.4, -0.2) is 37.0 Å². The van der Waals surface area contributed by atoms with Gasteiger partial charge in [0.05, 0.1) is 18.2 Å². The molecule has 0 fully saturated rings. The number of para-hydroxylation sites is 1. The molecule has 2 amide bonds. The van der Waals surface area contributed by atoms with Crippen molar-refractivity contribution in [3.05, 3.63) is 30.1 Å². The Labute approximate surface area is 158 Å². The van der Waals surface area contributed by atoms with Crippen LogP contribution in [0.15, 0.2) is 24.3 Å². The molecule has 1 N–H and O–H groups in total. The van der Waals surface area contributed by atoms with Crippen LogP contribution in [0.4, 0.5) is 10.1 Å². The van der Waals surface area contributed by atoms with E-state index in [2.05, 4.69) is 5.32 Å². The van der Waals surface area contributed by atoms with Crippen molar-refractivity contribution in [2.75, 3.05) is 18.1 Å². The van der Waals surface area contributed by atoms with E-state index in [4.69, 9.17) is 10.00 Å². The number of esters is 1. The number of anilines is 1. The summed E-state index contributed by atoms with van der Waals surface area (Å²) < 4.78 is 18.9. The summed E-state index contributed by atoms with van der Waals surface area (Å²) >= 11 is 0. The standard InChI is InChI=1S/C19H24FN3O4/c1-13(22-18(26)19(2,3)4)17(25)27-12-16(24)23(11-7-10-21)15-9-6-5-8-14(15)20/h5-6,8-9,13H,7,11-12H2,1-4H3,(H,22,26)/t13-/m0/s1. The number of carbonyl (C=O) groups excluding carboxylic acids is 3. The van der Waals surface area contributed by atoms with Crippen molar-refractivity contribution in [3.8, 4) is 6.07 Å². The number of benzene rings is 1. The number of nitriles is 1. The lowest BCUT2D eigenvalue weighted by atomic mass is 9.95. The zero-order valence-corrected chi connectivity index (χ0v) is 15.9. The molecule has 0 aliphatic heterocycles. The Morgan fingerprint density at radius 2 is 1.93 bits per heavy atom. The lowest BCUT2D eigenvalue weighted by Crippen LogP contribution is -2.45. The summed E-state index contributed by atoms with van der Waals surface area (Å²) in [6.45, 7) is 5.88. The maximum Gasteiger partial charge on any atom is 0.328 e. The number of nitrogens with one attached hydrogen (secondary N) is 1. The summed E-state index contributed by atoms with van der Waals surface area (Å²) in [5.41, 5.74) is -0.675. The van der Waals surface area contributed by atoms with Gasteiger partial charge in [-0.15, -0.1) is 0 Å². The largest absolute Gasteiger partial charge is 0.454 e. The fourth-order valence-electron chi connectivity index (χ4n) is 2.02. The van der Waals surface area contributed by atoms with Crippen molar-refractivity contribution in [1.29, 1.82) is 5.26 Å². The van der Waals surface area contributed by atoms with E-state index in [-0.39, 0.29) is 24.6 Å². The minimum Gasteiger partial charge on any atom is -0.454 e. The Kier molecular flexibility index (Phi) is 7.91. The molecule has 0 saturated carbocycles. The molecule has 0 saturated heterocycles. The van der Waals surface area contributed by atoms with E-state index in [1.165, 1.54) is 25.1 Å². The maximum atomic E-state index is 14.0. The third-order valence-corrected chi connectivity index (χ3v) is 3.61. The minimum absolute atomic E-state index is 0.00267. The van der Waals surface area contributed by atoms with Crippen molar-refractivity contribution in [2.24, 2.45) is 5.41 Å². The Bertz CT molecular complexity index is 737. The van der Waals surface area contributed by atoms with Gasteiger partial charge in [0.15, 0.2) is 6.61 Å². The Hall–Kier alpha value is -2.95. The molecule has 146 valence electrons. The average Bonchev–Trinajstić information content (AvgIpc) is 2.60. The molecule has 1 aromatic rings. The van der Waals surface area contributed by atoms with Crippen LogP contribution >= 0.6 is 0 Å². The summed E-state index contributed by atoms with van der Waals surface area (Å²) in [5, 5.41) is 11.3. The predicted octanol–water partition coefficient (Wildman–Crippen LogP) is 2.17. The Morgan fingerprint density at radius 3 is 2.48 bits per heavy atom. The summed E-state index contributed by atoms with van der Waals surface area (Å²) in [5.74, 6) is -2.41.